The third-order valence-corrected chi connectivity index (χ3v) is 7.42. The van der Waals surface area contributed by atoms with Gasteiger partial charge in [0.25, 0.3) is 5.91 Å². The Balaban J connectivity index is 1.23. The minimum absolute atomic E-state index is 0.145. The number of amides is 3. The van der Waals surface area contributed by atoms with Crippen LogP contribution in [0.1, 0.15) is 58.0 Å². The molecule has 3 amide bonds. The van der Waals surface area contributed by atoms with Crippen molar-refractivity contribution in [3.63, 3.8) is 0 Å². The molecule has 1 atom stereocenters. The molecule has 1 unspecified atom stereocenters. The lowest BCUT2D eigenvalue weighted by molar-refractivity contribution is -0.136. The Morgan fingerprint density at radius 2 is 2.00 bits per heavy atom. The van der Waals surface area contributed by atoms with Crippen LogP contribution in [-0.4, -0.2) is 46.7 Å². The number of hydrogen-bond donors (Lipinski definition) is 3. The highest BCUT2D eigenvalue weighted by atomic mass is 32.1. The number of hydrogen-bond acceptors (Lipinski definition) is 7. The quantitative estimate of drug-likeness (QED) is 0.616. The van der Waals surface area contributed by atoms with Crippen LogP contribution in [0.4, 0.5) is 5.13 Å². The summed E-state index contributed by atoms with van der Waals surface area (Å²) >= 11 is 1.71. The maximum atomic E-state index is 13.0. The Labute approximate surface area is 184 Å². The van der Waals surface area contributed by atoms with Gasteiger partial charge >= 0.3 is 0 Å². The average molecular weight is 440 g/mol. The molecule has 9 heteroatoms. The number of thiazole rings is 1. The van der Waals surface area contributed by atoms with Crippen LogP contribution in [0.5, 0.6) is 0 Å². The number of piperidine rings is 2. The van der Waals surface area contributed by atoms with Gasteiger partial charge in [-0.15, -0.1) is 11.3 Å². The van der Waals surface area contributed by atoms with Gasteiger partial charge in [0.2, 0.25) is 11.8 Å². The van der Waals surface area contributed by atoms with E-state index < -0.39 is 6.04 Å². The minimum Gasteiger partial charge on any atom is -0.357 e. The number of nitrogens with zero attached hydrogens (tertiary/aromatic N) is 2. The molecule has 2 saturated heterocycles. The summed E-state index contributed by atoms with van der Waals surface area (Å²) in [6.45, 7) is 3.10. The van der Waals surface area contributed by atoms with E-state index in [1.165, 1.54) is 4.88 Å². The number of rotatable bonds is 5. The highest BCUT2D eigenvalue weighted by Crippen LogP contribution is 2.32. The summed E-state index contributed by atoms with van der Waals surface area (Å²) in [7, 11) is 0. The summed E-state index contributed by atoms with van der Waals surface area (Å²) < 4.78 is 0. The Bertz CT molecular complexity index is 1030. The molecule has 0 radical (unpaired) electrons. The maximum Gasteiger partial charge on any atom is 0.255 e. The SMILES string of the molecule is O=C1CCC(N2Cc3ccc(CNc4ncc(C5CCNCC5)s4)cc3C2=O)C(=O)N1. The van der Waals surface area contributed by atoms with Crippen LogP contribution in [-0.2, 0) is 22.7 Å². The molecule has 1 aromatic carbocycles. The molecule has 31 heavy (non-hydrogen) atoms. The fourth-order valence-electron chi connectivity index (χ4n) is 4.55. The molecule has 162 valence electrons. The van der Waals surface area contributed by atoms with Crippen LogP contribution >= 0.6 is 11.3 Å². The first-order chi connectivity index (χ1) is 15.1. The monoisotopic (exact) mass is 439 g/mol. The van der Waals surface area contributed by atoms with Crippen LogP contribution in [0.2, 0.25) is 0 Å². The molecular weight excluding hydrogens is 414 g/mol. The first-order valence-electron chi connectivity index (χ1n) is 10.8. The summed E-state index contributed by atoms with van der Waals surface area (Å²) in [6, 6.07) is 5.29. The van der Waals surface area contributed by atoms with Crippen LogP contribution in [0, 0.1) is 0 Å². The van der Waals surface area contributed by atoms with Gasteiger partial charge in [-0.2, -0.15) is 0 Å². The standard InChI is InChI=1S/C22H25N5O3S/c28-19-4-3-17(20(29)26-19)27-12-15-2-1-13(9-16(15)21(27)30)10-24-22-25-11-18(31-22)14-5-7-23-8-6-14/h1-2,9,11,14,17,23H,3-8,10,12H2,(H,24,25)(H,26,28,29). The molecule has 0 saturated carbocycles. The van der Waals surface area contributed by atoms with E-state index in [0.717, 1.165) is 42.2 Å². The zero-order valence-electron chi connectivity index (χ0n) is 17.1. The molecule has 3 aliphatic heterocycles. The Morgan fingerprint density at radius 1 is 1.16 bits per heavy atom. The van der Waals surface area contributed by atoms with Crippen molar-refractivity contribution in [2.45, 2.75) is 50.7 Å². The topological polar surface area (TPSA) is 103 Å². The van der Waals surface area contributed by atoms with Gasteiger partial charge in [0, 0.05) is 36.1 Å². The Morgan fingerprint density at radius 3 is 2.81 bits per heavy atom. The maximum absolute atomic E-state index is 13.0. The van der Waals surface area contributed by atoms with Crippen molar-refractivity contribution in [2.75, 3.05) is 18.4 Å². The Kier molecular flexibility index (Phi) is 5.45. The van der Waals surface area contributed by atoms with Gasteiger partial charge in [0.1, 0.15) is 6.04 Å². The van der Waals surface area contributed by atoms with Gasteiger partial charge in [-0.05, 0) is 55.5 Å². The molecule has 2 fully saturated rings. The zero-order chi connectivity index (χ0) is 21.4. The number of carbonyl (C=O) groups excluding carboxylic acids is 3. The lowest BCUT2D eigenvalue weighted by Gasteiger charge is -2.29. The number of benzene rings is 1. The van der Waals surface area contributed by atoms with Gasteiger partial charge in [-0.3, -0.25) is 19.7 Å². The van der Waals surface area contributed by atoms with Crippen LogP contribution in [0.15, 0.2) is 24.4 Å². The number of nitrogens with one attached hydrogen (secondary N) is 3. The summed E-state index contributed by atoms with van der Waals surface area (Å²) in [6.07, 6.45) is 4.92. The molecule has 0 spiro atoms. The second kappa shape index (κ2) is 8.39. The number of aromatic nitrogens is 1. The minimum atomic E-state index is -0.581. The largest absolute Gasteiger partial charge is 0.357 e. The van der Waals surface area contributed by atoms with E-state index in [-0.39, 0.29) is 24.1 Å². The van der Waals surface area contributed by atoms with Crippen molar-refractivity contribution in [3.8, 4) is 0 Å². The number of imide groups is 1. The van der Waals surface area contributed by atoms with Crippen molar-refractivity contribution in [3.05, 3.63) is 46.0 Å². The van der Waals surface area contributed by atoms with Gasteiger partial charge < -0.3 is 15.5 Å². The average Bonchev–Trinajstić information content (AvgIpc) is 3.38. The van der Waals surface area contributed by atoms with Gasteiger partial charge in [-0.1, -0.05) is 12.1 Å². The lowest BCUT2D eigenvalue weighted by Crippen LogP contribution is -2.52. The van der Waals surface area contributed by atoms with E-state index >= 15 is 0 Å². The molecular formula is C22H25N5O3S. The highest BCUT2D eigenvalue weighted by Gasteiger charge is 2.39. The second-order valence-electron chi connectivity index (χ2n) is 8.34. The first kappa shape index (κ1) is 20.1. The first-order valence-corrected chi connectivity index (χ1v) is 11.6. The van der Waals surface area contributed by atoms with E-state index in [1.54, 1.807) is 16.2 Å². The molecule has 8 nitrogen and oxygen atoms in total. The third-order valence-electron chi connectivity index (χ3n) is 6.30. The molecule has 5 rings (SSSR count). The van der Waals surface area contributed by atoms with Gasteiger partial charge in [-0.25, -0.2) is 4.98 Å². The van der Waals surface area contributed by atoms with Crippen molar-refractivity contribution < 1.29 is 14.4 Å². The van der Waals surface area contributed by atoms with Crippen molar-refractivity contribution >= 4 is 34.2 Å². The predicted octanol–water partition coefficient (Wildman–Crippen LogP) is 1.98. The Hall–Kier alpha value is -2.78. The summed E-state index contributed by atoms with van der Waals surface area (Å²) in [5, 5.41) is 10.0. The lowest BCUT2D eigenvalue weighted by atomic mass is 9.97. The molecule has 4 heterocycles. The highest BCUT2D eigenvalue weighted by molar-refractivity contribution is 7.15. The van der Waals surface area contributed by atoms with Crippen molar-refractivity contribution in [1.29, 1.82) is 0 Å². The normalized spacial score (nSPS) is 21.9. The molecule has 1 aromatic heterocycles. The van der Waals surface area contributed by atoms with Gasteiger partial charge in [0.15, 0.2) is 5.13 Å². The van der Waals surface area contributed by atoms with Crippen LogP contribution < -0.4 is 16.0 Å². The fraction of sp³-hybridized carbons (Fsp3) is 0.455. The summed E-state index contributed by atoms with van der Waals surface area (Å²) in [5.41, 5.74) is 2.55. The molecule has 3 aliphatic rings. The fourth-order valence-corrected chi connectivity index (χ4v) is 5.53. The molecule has 3 N–H and O–H groups in total. The van der Waals surface area contributed by atoms with Crippen LogP contribution in [0.25, 0.3) is 0 Å². The van der Waals surface area contributed by atoms with E-state index in [0.29, 0.717) is 31.0 Å². The van der Waals surface area contributed by atoms with E-state index in [4.69, 9.17) is 0 Å². The third kappa shape index (κ3) is 4.07. The zero-order valence-corrected chi connectivity index (χ0v) is 18.0. The summed E-state index contributed by atoms with van der Waals surface area (Å²) in [4.78, 5) is 44.0. The van der Waals surface area contributed by atoms with E-state index in [9.17, 15) is 14.4 Å². The molecule has 0 bridgehead atoms. The van der Waals surface area contributed by atoms with Crippen LogP contribution in [0.3, 0.4) is 0 Å². The second-order valence-corrected chi connectivity index (χ2v) is 9.40. The van der Waals surface area contributed by atoms with Gasteiger partial charge in [0.05, 0.1) is 0 Å². The predicted molar refractivity (Wildman–Crippen MR) is 117 cm³/mol. The number of carbonyl (C=O) groups is 3. The number of anilines is 1. The van der Waals surface area contributed by atoms with E-state index in [1.807, 2.05) is 24.4 Å². The van der Waals surface area contributed by atoms with Crippen molar-refractivity contribution in [2.24, 2.45) is 0 Å². The summed E-state index contributed by atoms with van der Waals surface area (Å²) in [5.74, 6) is -0.212. The smallest absolute Gasteiger partial charge is 0.255 e. The molecule has 2 aromatic rings. The van der Waals surface area contributed by atoms with Crippen molar-refractivity contribution in [1.82, 2.24) is 20.5 Å². The molecule has 0 aliphatic carbocycles. The number of fused-ring (bicyclic) bond motifs is 1. The van der Waals surface area contributed by atoms with E-state index in [2.05, 4.69) is 20.9 Å².